The third-order valence-electron chi connectivity index (χ3n) is 1.75. The molecular formula is C11H14NO3. The van der Waals surface area contributed by atoms with Crippen molar-refractivity contribution in [3.8, 4) is 0 Å². The van der Waals surface area contributed by atoms with Crippen molar-refractivity contribution in [1.82, 2.24) is 5.32 Å². The summed E-state index contributed by atoms with van der Waals surface area (Å²) in [5.74, 6) is -0.128. The van der Waals surface area contributed by atoms with Gasteiger partial charge in [-0.3, -0.25) is 4.79 Å². The minimum Gasteiger partial charge on any atom is -0.394 e. The van der Waals surface area contributed by atoms with Crippen LogP contribution in [0.1, 0.15) is 10.4 Å². The van der Waals surface area contributed by atoms with Crippen LogP contribution in [0.15, 0.2) is 24.3 Å². The van der Waals surface area contributed by atoms with E-state index in [2.05, 4.69) is 11.4 Å². The summed E-state index contributed by atoms with van der Waals surface area (Å²) in [6.45, 7) is 1.15. The lowest BCUT2D eigenvalue weighted by molar-refractivity contribution is 0.0838. The van der Waals surface area contributed by atoms with Gasteiger partial charge in [0.15, 0.2) is 0 Å². The number of carbonyl (C=O) groups excluding carboxylic acids is 1. The standard InChI is InChI=1S/C11H14NO3/c13-7-9-15-8-6-12-11(14)10-4-2-1-3-5-10/h2-5,13H,6-9H2,(H,12,14). The third-order valence-corrected chi connectivity index (χ3v) is 1.75. The lowest BCUT2D eigenvalue weighted by Crippen LogP contribution is -2.27. The van der Waals surface area contributed by atoms with Gasteiger partial charge >= 0.3 is 0 Å². The molecule has 2 N–H and O–H groups in total. The monoisotopic (exact) mass is 208 g/mol. The Balaban J connectivity index is 2.20. The Morgan fingerprint density at radius 2 is 2.13 bits per heavy atom. The molecule has 1 rings (SSSR count). The first-order valence-electron chi connectivity index (χ1n) is 4.77. The van der Waals surface area contributed by atoms with Gasteiger partial charge in [-0.2, -0.15) is 0 Å². The zero-order chi connectivity index (χ0) is 10.9. The van der Waals surface area contributed by atoms with Crippen molar-refractivity contribution in [1.29, 1.82) is 0 Å². The molecule has 4 nitrogen and oxygen atoms in total. The van der Waals surface area contributed by atoms with Crippen molar-refractivity contribution >= 4 is 5.91 Å². The lowest BCUT2D eigenvalue weighted by Gasteiger charge is -2.05. The van der Waals surface area contributed by atoms with Crippen molar-refractivity contribution < 1.29 is 14.6 Å². The molecule has 1 amide bonds. The largest absolute Gasteiger partial charge is 0.394 e. The van der Waals surface area contributed by atoms with E-state index < -0.39 is 0 Å². The predicted octanol–water partition coefficient (Wildman–Crippen LogP) is 0.225. The van der Waals surface area contributed by atoms with E-state index in [0.29, 0.717) is 25.3 Å². The van der Waals surface area contributed by atoms with Crippen LogP contribution in [0.25, 0.3) is 0 Å². The Bertz CT molecular complexity index is 287. The van der Waals surface area contributed by atoms with Crippen LogP contribution < -0.4 is 5.32 Å². The summed E-state index contributed by atoms with van der Waals surface area (Å²) in [5, 5.41) is 11.1. The predicted molar refractivity (Wildman–Crippen MR) is 55.5 cm³/mol. The van der Waals surface area contributed by atoms with Gasteiger partial charge in [0.25, 0.3) is 5.91 Å². The van der Waals surface area contributed by atoms with Gasteiger partial charge in [0.2, 0.25) is 0 Å². The summed E-state index contributed by atoms with van der Waals surface area (Å²) in [6, 6.07) is 9.62. The van der Waals surface area contributed by atoms with Gasteiger partial charge in [0, 0.05) is 12.1 Å². The van der Waals surface area contributed by atoms with E-state index in [9.17, 15) is 4.79 Å². The highest BCUT2D eigenvalue weighted by Gasteiger charge is 2.02. The minimum atomic E-state index is -0.128. The molecule has 0 aliphatic heterocycles. The number of amides is 1. The van der Waals surface area contributed by atoms with Crippen LogP contribution in [-0.2, 0) is 4.74 Å². The molecular weight excluding hydrogens is 194 g/mol. The van der Waals surface area contributed by atoms with Crippen molar-refractivity contribution in [3.05, 3.63) is 35.9 Å². The van der Waals surface area contributed by atoms with E-state index >= 15 is 0 Å². The smallest absolute Gasteiger partial charge is 0.251 e. The number of carbonyl (C=O) groups is 1. The second kappa shape index (κ2) is 6.98. The average Bonchev–Trinajstić information content (AvgIpc) is 2.30. The van der Waals surface area contributed by atoms with Crippen LogP contribution in [-0.4, -0.2) is 37.4 Å². The van der Waals surface area contributed by atoms with E-state index in [1.807, 2.05) is 0 Å². The molecule has 1 aromatic carbocycles. The molecule has 0 saturated carbocycles. The molecule has 1 radical (unpaired) electrons. The highest BCUT2D eigenvalue weighted by Crippen LogP contribution is 1.96. The van der Waals surface area contributed by atoms with Crippen LogP contribution in [0.3, 0.4) is 0 Å². The fraction of sp³-hybridized carbons (Fsp3) is 0.364. The van der Waals surface area contributed by atoms with Gasteiger partial charge in [-0.15, -0.1) is 0 Å². The molecule has 81 valence electrons. The van der Waals surface area contributed by atoms with Gasteiger partial charge in [-0.25, -0.2) is 0 Å². The molecule has 0 heterocycles. The van der Waals surface area contributed by atoms with Crippen molar-refractivity contribution in [2.45, 2.75) is 0 Å². The molecule has 4 heteroatoms. The van der Waals surface area contributed by atoms with Gasteiger partial charge < -0.3 is 15.2 Å². The second-order valence-corrected chi connectivity index (χ2v) is 2.88. The molecule has 15 heavy (non-hydrogen) atoms. The first-order chi connectivity index (χ1) is 7.34. The van der Waals surface area contributed by atoms with E-state index in [1.165, 1.54) is 0 Å². The summed E-state index contributed by atoms with van der Waals surface area (Å²) in [5.41, 5.74) is 0.607. The Morgan fingerprint density at radius 1 is 1.40 bits per heavy atom. The van der Waals surface area contributed by atoms with Gasteiger partial charge in [0.05, 0.1) is 19.8 Å². The maximum atomic E-state index is 11.4. The molecule has 0 bridgehead atoms. The Kier molecular flexibility index (Phi) is 5.43. The van der Waals surface area contributed by atoms with E-state index in [1.54, 1.807) is 24.3 Å². The molecule has 0 aromatic heterocycles. The Labute approximate surface area is 88.9 Å². The zero-order valence-electron chi connectivity index (χ0n) is 8.40. The van der Waals surface area contributed by atoms with E-state index in [-0.39, 0.29) is 12.5 Å². The number of aliphatic hydroxyl groups is 1. The lowest BCUT2D eigenvalue weighted by atomic mass is 10.2. The molecule has 0 atom stereocenters. The van der Waals surface area contributed by atoms with Gasteiger partial charge in [-0.05, 0) is 18.2 Å². The third kappa shape index (κ3) is 4.58. The van der Waals surface area contributed by atoms with Crippen molar-refractivity contribution in [2.24, 2.45) is 0 Å². The molecule has 0 aliphatic rings. The van der Waals surface area contributed by atoms with Crippen LogP contribution in [0.5, 0.6) is 0 Å². The first kappa shape index (κ1) is 11.7. The summed E-state index contributed by atoms with van der Waals surface area (Å²) < 4.78 is 5.00. The van der Waals surface area contributed by atoms with Crippen molar-refractivity contribution in [2.75, 3.05) is 26.4 Å². The van der Waals surface area contributed by atoms with Crippen LogP contribution in [0.4, 0.5) is 0 Å². The molecule has 0 aliphatic carbocycles. The summed E-state index contributed by atoms with van der Waals surface area (Å²) in [4.78, 5) is 11.4. The number of nitrogens with one attached hydrogen (secondary N) is 1. The Morgan fingerprint density at radius 3 is 2.80 bits per heavy atom. The number of hydrogen-bond donors (Lipinski definition) is 2. The van der Waals surface area contributed by atoms with Gasteiger partial charge in [-0.1, -0.05) is 12.1 Å². The van der Waals surface area contributed by atoms with Crippen LogP contribution in [0.2, 0.25) is 0 Å². The van der Waals surface area contributed by atoms with Crippen LogP contribution >= 0.6 is 0 Å². The number of rotatable bonds is 6. The quantitative estimate of drug-likeness (QED) is 0.658. The fourth-order valence-corrected chi connectivity index (χ4v) is 1.04. The minimum absolute atomic E-state index is 0.00245. The van der Waals surface area contributed by atoms with Crippen LogP contribution in [0, 0.1) is 6.07 Å². The molecule has 0 unspecified atom stereocenters. The number of aliphatic hydroxyl groups excluding tert-OH is 1. The fourth-order valence-electron chi connectivity index (χ4n) is 1.04. The normalized spacial score (nSPS) is 9.93. The average molecular weight is 208 g/mol. The van der Waals surface area contributed by atoms with Gasteiger partial charge in [0.1, 0.15) is 0 Å². The van der Waals surface area contributed by atoms with Crippen molar-refractivity contribution in [3.63, 3.8) is 0 Å². The topological polar surface area (TPSA) is 58.6 Å². The van der Waals surface area contributed by atoms with E-state index in [4.69, 9.17) is 9.84 Å². The zero-order valence-corrected chi connectivity index (χ0v) is 8.40. The molecule has 1 aromatic rings. The highest BCUT2D eigenvalue weighted by atomic mass is 16.5. The SMILES string of the molecule is O=C(NCCOCCO)c1cc[c]cc1. The summed E-state index contributed by atoms with van der Waals surface area (Å²) in [7, 11) is 0. The number of hydrogen-bond acceptors (Lipinski definition) is 3. The summed E-state index contributed by atoms with van der Waals surface area (Å²) >= 11 is 0. The molecule has 0 fully saturated rings. The number of benzene rings is 1. The maximum absolute atomic E-state index is 11.4. The molecule has 0 saturated heterocycles. The maximum Gasteiger partial charge on any atom is 0.251 e. The second-order valence-electron chi connectivity index (χ2n) is 2.88. The Hall–Kier alpha value is -1.39. The van der Waals surface area contributed by atoms with E-state index in [0.717, 1.165) is 0 Å². The first-order valence-corrected chi connectivity index (χ1v) is 4.77. The highest BCUT2D eigenvalue weighted by molar-refractivity contribution is 5.94. The summed E-state index contributed by atoms with van der Waals surface area (Å²) in [6.07, 6.45) is 0. The molecule has 0 spiro atoms. The number of ether oxygens (including phenoxy) is 1.